The zero-order valence-electron chi connectivity index (χ0n) is 14.5. The molecule has 3 rings (SSSR count). The molecular weight excluding hydrogens is 377 g/mol. The van der Waals surface area contributed by atoms with E-state index in [1.54, 1.807) is 17.4 Å². The van der Waals surface area contributed by atoms with Crippen molar-refractivity contribution in [3.05, 3.63) is 57.8 Å². The van der Waals surface area contributed by atoms with Crippen LogP contribution in [0.1, 0.15) is 28.8 Å². The van der Waals surface area contributed by atoms with Gasteiger partial charge in [-0.15, -0.1) is 11.3 Å². The second-order valence-corrected chi connectivity index (χ2v) is 7.54. The number of nitrogens with one attached hydrogen (secondary N) is 1. The second kappa shape index (κ2) is 8.12. The van der Waals surface area contributed by atoms with E-state index >= 15 is 0 Å². The molecule has 0 radical (unpaired) electrons. The molecule has 8 heteroatoms. The standard InChI is InChI=1S/C19H19F3N2O2S/c20-19(21,22)15-4-1-3-13(9-15)11-24-12-14(6-7-17(24)25)18(26)23-10-16-5-2-8-27-16/h1-5,8-9,14H,6-7,10-12H2,(H,23,26)/t14-/m1/s1. The Kier molecular flexibility index (Phi) is 5.84. The predicted molar refractivity (Wildman–Crippen MR) is 95.8 cm³/mol. The van der Waals surface area contributed by atoms with Gasteiger partial charge >= 0.3 is 6.18 Å². The maximum absolute atomic E-state index is 12.9. The summed E-state index contributed by atoms with van der Waals surface area (Å²) >= 11 is 1.55. The van der Waals surface area contributed by atoms with Gasteiger partial charge in [0.25, 0.3) is 0 Å². The van der Waals surface area contributed by atoms with Gasteiger partial charge in [0, 0.05) is 24.4 Å². The van der Waals surface area contributed by atoms with Crippen molar-refractivity contribution in [1.82, 2.24) is 10.2 Å². The first-order valence-corrected chi connectivity index (χ1v) is 9.45. The maximum atomic E-state index is 12.9. The number of hydrogen-bond acceptors (Lipinski definition) is 3. The van der Waals surface area contributed by atoms with E-state index in [4.69, 9.17) is 0 Å². The van der Waals surface area contributed by atoms with Crippen molar-refractivity contribution in [2.45, 2.75) is 32.1 Å². The maximum Gasteiger partial charge on any atom is 0.416 e. The minimum Gasteiger partial charge on any atom is -0.351 e. The number of piperidine rings is 1. The highest BCUT2D eigenvalue weighted by molar-refractivity contribution is 7.09. The lowest BCUT2D eigenvalue weighted by atomic mass is 9.96. The van der Waals surface area contributed by atoms with Gasteiger partial charge in [-0.2, -0.15) is 13.2 Å². The number of nitrogens with zero attached hydrogens (tertiary/aromatic N) is 1. The van der Waals surface area contributed by atoms with Crippen molar-refractivity contribution in [3.8, 4) is 0 Å². The van der Waals surface area contributed by atoms with E-state index in [0.717, 1.165) is 17.0 Å². The first-order chi connectivity index (χ1) is 12.8. The van der Waals surface area contributed by atoms with Crippen LogP contribution in [0.25, 0.3) is 0 Å². The summed E-state index contributed by atoms with van der Waals surface area (Å²) in [6.07, 6.45) is -3.75. The zero-order chi connectivity index (χ0) is 19.4. The first kappa shape index (κ1) is 19.4. The van der Waals surface area contributed by atoms with Crippen molar-refractivity contribution in [2.75, 3.05) is 6.54 Å². The van der Waals surface area contributed by atoms with Crippen LogP contribution in [-0.2, 0) is 28.9 Å². The van der Waals surface area contributed by atoms with Crippen LogP contribution < -0.4 is 5.32 Å². The Hall–Kier alpha value is -2.35. The summed E-state index contributed by atoms with van der Waals surface area (Å²) in [5.74, 6) is -0.631. The average molecular weight is 396 g/mol. The fourth-order valence-electron chi connectivity index (χ4n) is 3.08. The lowest BCUT2D eigenvalue weighted by molar-refractivity contribution is -0.139. The first-order valence-electron chi connectivity index (χ1n) is 8.57. The Morgan fingerprint density at radius 3 is 2.78 bits per heavy atom. The Morgan fingerprint density at radius 2 is 2.07 bits per heavy atom. The van der Waals surface area contributed by atoms with Gasteiger partial charge in [0.15, 0.2) is 0 Å². The predicted octanol–water partition coefficient (Wildman–Crippen LogP) is 3.82. The second-order valence-electron chi connectivity index (χ2n) is 6.51. The summed E-state index contributed by atoms with van der Waals surface area (Å²) in [7, 11) is 0. The SMILES string of the molecule is O=C(NCc1cccs1)[C@@H]1CCC(=O)N(Cc2cccc(C(F)(F)F)c2)C1. The van der Waals surface area contributed by atoms with Crippen LogP contribution in [-0.4, -0.2) is 23.3 Å². The third-order valence-corrected chi connectivity index (χ3v) is 5.39. The molecule has 1 fully saturated rings. The third-order valence-electron chi connectivity index (χ3n) is 4.52. The molecule has 2 amide bonds. The number of amides is 2. The van der Waals surface area contributed by atoms with Crippen molar-refractivity contribution in [2.24, 2.45) is 5.92 Å². The summed E-state index contributed by atoms with van der Waals surface area (Å²) in [5, 5.41) is 4.80. The van der Waals surface area contributed by atoms with Gasteiger partial charge in [0.05, 0.1) is 18.0 Å². The number of rotatable bonds is 5. The van der Waals surface area contributed by atoms with Gasteiger partial charge in [-0.1, -0.05) is 18.2 Å². The molecule has 4 nitrogen and oxygen atoms in total. The van der Waals surface area contributed by atoms with E-state index in [9.17, 15) is 22.8 Å². The molecule has 1 aliphatic rings. The topological polar surface area (TPSA) is 49.4 Å². The van der Waals surface area contributed by atoms with E-state index in [2.05, 4.69) is 5.32 Å². The van der Waals surface area contributed by atoms with Crippen LogP contribution in [0.15, 0.2) is 41.8 Å². The van der Waals surface area contributed by atoms with Crippen LogP contribution in [0.2, 0.25) is 0 Å². The number of carbonyl (C=O) groups is 2. The average Bonchev–Trinajstić information content (AvgIpc) is 3.14. The highest BCUT2D eigenvalue weighted by atomic mass is 32.1. The quantitative estimate of drug-likeness (QED) is 0.835. The number of benzene rings is 1. The molecule has 1 aliphatic heterocycles. The van der Waals surface area contributed by atoms with Gasteiger partial charge in [-0.05, 0) is 35.6 Å². The number of hydrogen-bond donors (Lipinski definition) is 1. The molecule has 2 heterocycles. The molecule has 0 unspecified atom stereocenters. The van der Waals surface area contributed by atoms with E-state index in [1.165, 1.54) is 11.0 Å². The van der Waals surface area contributed by atoms with Crippen LogP contribution in [0.5, 0.6) is 0 Å². The summed E-state index contributed by atoms with van der Waals surface area (Å²) in [4.78, 5) is 27.1. The molecule has 0 aliphatic carbocycles. The number of likely N-dealkylation sites (tertiary alicyclic amines) is 1. The molecule has 1 aromatic heterocycles. The molecule has 0 bridgehead atoms. The largest absolute Gasteiger partial charge is 0.416 e. The summed E-state index contributed by atoms with van der Waals surface area (Å²) in [6.45, 7) is 0.720. The third kappa shape index (κ3) is 5.09. The van der Waals surface area contributed by atoms with Crippen LogP contribution >= 0.6 is 11.3 Å². The highest BCUT2D eigenvalue weighted by Crippen LogP contribution is 2.30. The molecule has 144 valence electrons. The Bertz CT molecular complexity index is 806. The Balaban J connectivity index is 1.62. The van der Waals surface area contributed by atoms with E-state index in [1.807, 2.05) is 17.5 Å². The smallest absolute Gasteiger partial charge is 0.351 e. The van der Waals surface area contributed by atoms with Gasteiger partial charge in [0.2, 0.25) is 11.8 Å². The molecule has 2 aromatic rings. The molecule has 1 N–H and O–H groups in total. The number of thiophene rings is 1. The van der Waals surface area contributed by atoms with Crippen molar-refractivity contribution >= 4 is 23.2 Å². The Morgan fingerprint density at radius 1 is 1.26 bits per heavy atom. The lowest BCUT2D eigenvalue weighted by Gasteiger charge is -2.32. The van der Waals surface area contributed by atoms with Gasteiger partial charge in [-0.3, -0.25) is 9.59 Å². The van der Waals surface area contributed by atoms with E-state index in [0.29, 0.717) is 18.5 Å². The zero-order valence-corrected chi connectivity index (χ0v) is 15.3. The normalized spacial score (nSPS) is 17.8. The minimum atomic E-state index is -4.42. The molecule has 1 aromatic carbocycles. The summed E-state index contributed by atoms with van der Waals surface area (Å²) < 4.78 is 38.6. The van der Waals surface area contributed by atoms with Crippen LogP contribution in [0.4, 0.5) is 13.2 Å². The number of halogens is 3. The number of carbonyl (C=O) groups excluding carboxylic acids is 2. The van der Waals surface area contributed by atoms with E-state index in [-0.39, 0.29) is 37.2 Å². The van der Waals surface area contributed by atoms with Gasteiger partial charge in [-0.25, -0.2) is 0 Å². The molecule has 27 heavy (non-hydrogen) atoms. The van der Waals surface area contributed by atoms with E-state index < -0.39 is 11.7 Å². The van der Waals surface area contributed by atoms with Crippen LogP contribution in [0.3, 0.4) is 0 Å². The van der Waals surface area contributed by atoms with Crippen molar-refractivity contribution < 1.29 is 22.8 Å². The molecule has 0 spiro atoms. The fourth-order valence-corrected chi connectivity index (χ4v) is 3.72. The molecular formula is C19H19F3N2O2S. The summed E-state index contributed by atoms with van der Waals surface area (Å²) in [6, 6.07) is 8.77. The lowest BCUT2D eigenvalue weighted by Crippen LogP contribution is -2.45. The van der Waals surface area contributed by atoms with Crippen molar-refractivity contribution in [3.63, 3.8) is 0 Å². The fraction of sp³-hybridized carbons (Fsp3) is 0.368. The van der Waals surface area contributed by atoms with Crippen LogP contribution in [0, 0.1) is 5.92 Å². The minimum absolute atomic E-state index is 0.0669. The Labute approximate surface area is 159 Å². The highest BCUT2D eigenvalue weighted by Gasteiger charge is 2.32. The monoisotopic (exact) mass is 396 g/mol. The van der Waals surface area contributed by atoms with Crippen molar-refractivity contribution in [1.29, 1.82) is 0 Å². The summed E-state index contributed by atoms with van der Waals surface area (Å²) in [5.41, 5.74) is -0.340. The van der Waals surface area contributed by atoms with Gasteiger partial charge in [0.1, 0.15) is 0 Å². The van der Waals surface area contributed by atoms with Gasteiger partial charge < -0.3 is 10.2 Å². The molecule has 0 saturated carbocycles. The molecule has 1 atom stereocenters. The molecule has 1 saturated heterocycles. The number of alkyl halides is 3.